The molecule has 0 aliphatic carbocycles. The quantitative estimate of drug-likeness (QED) is 0.755. The second-order valence-electron chi connectivity index (χ2n) is 2.37. The Balaban J connectivity index is 3.04. The summed E-state index contributed by atoms with van der Waals surface area (Å²) >= 11 is 14.9. The van der Waals surface area contributed by atoms with Crippen molar-refractivity contribution in [2.75, 3.05) is 0 Å². The number of benzene rings is 1. The molecule has 1 aromatic heterocycles. The van der Waals surface area contributed by atoms with E-state index in [1.165, 1.54) is 0 Å². The van der Waals surface area contributed by atoms with Gasteiger partial charge < -0.3 is 4.42 Å². The Bertz CT molecular complexity index is 531. The van der Waals surface area contributed by atoms with Gasteiger partial charge in [0.1, 0.15) is 5.52 Å². The van der Waals surface area contributed by atoms with Crippen molar-refractivity contribution in [2.24, 2.45) is 0 Å². The van der Waals surface area contributed by atoms with Crippen molar-refractivity contribution in [1.29, 1.82) is 0 Å². The van der Waals surface area contributed by atoms with Crippen molar-refractivity contribution < 1.29 is 4.42 Å². The number of H-pyrrole nitrogens is 1. The molecule has 1 aromatic carbocycles. The van der Waals surface area contributed by atoms with Crippen LogP contribution < -0.4 is 5.76 Å². The van der Waals surface area contributed by atoms with E-state index < -0.39 is 5.76 Å². The summed E-state index contributed by atoms with van der Waals surface area (Å²) in [6, 6.07) is 1.57. The number of nitrogens with one attached hydrogen (secondary N) is 1. The predicted molar refractivity (Wildman–Crippen MR) is 54.6 cm³/mol. The molecule has 0 spiro atoms. The molecule has 68 valence electrons. The smallest absolute Gasteiger partial charge is 0.406 e. The third-order valence-corrected chi connectivity index (χ3v) is 3.08. The highest BCUT2D eigenvalue weighted by molar-refractivity contribution is 9.10. The van der Waals surface area contributed by atoms with Crippen LogP contribution in [0.25, 0.3) is 11.1 Å². The normalized spacial score (nSPS) is 11.0. The summed E-state index contributed by atoms with van der Waals surface area (Å²) < 4.78 is 5.40. The fourth-order valence-corrected chi connectivity index (χ4v) is 2.00. The van der Waals surface area contributed by atoms with E-state index in [0.717, 1.165) is 0 Å². The summed E-state index contributed by atoms with van der Waals surface area (Å²) in [5, 5.41) is 0.717. The molecule has 6 heteroatoms. The van der Waals surface area contributed by atoms with E-state index in [2.05, 4.69) is 20.9 Å². The molecule has 1 N–H and O–H groups in total. The van der Waals surface area contributed by atoms with Crippen LogP contribution in [0.1, 0.15) is 0 Å². The maximum Gasteiger partial charge on any atom is 0.417 e. The van der Waals surface area contributed by atoms with Crippen molar-refractivity contribution in [2.45, 2.75) is 0 Å². The van der Waals surface area contributed by atoms with E-state index in [4.69, 9.17) is 27.6 Å². The molecule has 3 nitrogen and oxygen atoms in total. The van der Waals surface area contributed by atoms with Crippen LogP contribution in [-0.2, 0) is 0 Å². The number of oxazole rings is 1. The monoisotopic (exact) mass is 281 g/mol. The SMILES string of the molecule is O=c1[nH]c2c(Cl)c(Br)cc(Cl)c2o1. The molecular weight excluding hydrogens is 281 g/mol. The van der Waals surface area contributed by atoms with Gasteiger partial charge in [-0.15, -0.1) is 0 Å². The molecule has 2 rings (SSSR count). The van der Waals surface area contributed by atoms with E-state index in [0.29, 0.717) is 20.0 Å². The Morgan fingerprint density at radius 3 is 2.85 bits per heavy atom. The third-order valence-electron chi connectivity index (χ3n) is 1.55. The van der Waals surface area contributed by atoms with Crippen LogP contribution in [0, 0.1) is 0 Å². The molecule has 0 atom stereocenters. The molecule has 0 unspecified atom stereocenters. The Labute approximate surface area is 90.8 Å². The van der Waals surface area contributed by atoms with Gasteiger partial charge in [-0.3, -0.25) is 4.98 Å². The number of aromatic nitrogens is 1. The van der Waals surface area contributed by atoms with Crippen molar-refractivity contribution in [3.8, 4) is 0 Å². The maximum absolute atomic E-state index is 10.8. The molecule has 0 saturated carbocycles. The van der Waals surface area contributed by atoms with Crippen molar-refractivity contribution in [1.82, 2.24) is 4.98 Å². The molecule has 0 bridgehead atoms. The molecule has 1 heterocycles. The maximum atomic E-state index is 10.8. The van der Waals surface area contributed by atoms with Gasteiger partial charge in [0.2, 0.25) is 0 Å². The van der Waals surface area contributed by atoms with Gasteiger partial charge in [0.15, 0.2) is 5.58 Å². The number of aromatic amines is 1. The average molecular weight is 283 g/mol. The van der Waals surface area contributed by atoms with E-state index >= 15 is 0 Å². The minimum Gasteiger partial charge on any atom is -0.406 e. The lowest BCUT2D eigenvalue weighted by Crippen LogP contribution is -1.93. The highest BCUT2D eigenvalue weighted by Crippen LogP contribution is 2.34. The average Bonchev–Trinajstić information content (AvgIpc) is 2.44. The van der Waals surface area contributed by atoms with Crippen LogP contribution in [0.5, 0.6) is 0 Å². The first-order valence-corrected chi connectivity index (χ1v) is 4.81. The minimum absolute atomic E-state index is 0.278. The molecule has 0 aliphatic heterocycles. The molecular formula is C7H2BrCl2NO2. The van der Waals surface area contributed by atoms with Crippen LogP contribution in [0.3, 0.4) is 0 Å². The van der Waals surface area contributed by atoms with Gasteiger partial charge in [0.25, 0.3) is 0 Å². The minimum atomic E-state index is -0.572. The first-order chi connectivity index (χ1) is 6.09. The van der Waals surface area contributed by atoms with Gasteiger partial charge in [0, 0.05) is 4.47 Å². The molecule has 13 heavy (non-hydrogen) atoms. The van der Waals surface area contributed by atoms with E-state index in [-0.39, 0.29) is 5.58 Å². The molecule has 2 aromatic rings. The Morgan fingerprint density at radius 1 is 1.46 bits per heavy atom. The van der Waals surface area contributed by atoms with Gasteiger partial charge >= 0.3 is 5.76 Å². The van der Waals surface area contributed by atoms with Crippen LogP contribution in [0.2, 0.25) is 10.0 Å². The van der Waals surface area contributed by atoms with E-state index in [9.17, 15) is 4.79 Å². The van der Waals surface area contributed by atoms with E-state index in [1.807, 2.05) is 0 Å². The van der Waals surface area contributed by atoms with Crippen LogP contribution in [-0.4, -0.2) is 4.98 Å². The topological polar surface area (TPSA) is 46.0 Å². The van der Waals surface area contributed by atoms with Crippen LogP contribution in [0.4, 0.5) is 0 Å². The Hall–Kier alpha value is -0.450. The number of rotatable bonds is 0. The highest BCUT2D eigenvalue weighted by Gasteiger charge is 2.12. The predicted octanol–water partition coefficient (Wildman–Crippen LogP) is 3.19. The Kier molecular flexibility index (Phi) is 2.14. The summed E-state index contributed by atoms with van der Waals surface area (Å²) in [5.41, 5.74) is 0.686. The fourth-order valence-electron chi connectivity index (χ4n) is 1.01. The lowest BCUT2D eigenvalue weighted by atomic mass is 10.3. The van der Waals surface area contributed by atoms with Gasteiger partial charge in [-0.1, -0.05) is 23.2 Å². The summed E-state index contributed by atoms with van der Waals surface area (Å²) in [6.07, 6.45) is 0. The van der Waals surface area contributed by atoms with Gasteiger partial charge in [-0.25, -0.2) is 4.79 Å². The first-order valence-electron chi connectivity index (χ1n) is 3.26. The van der Waals surface area contributed by atoms with Crippen molar-refractivity contribution >= 4 is 50.2 Å². The number of hydrogen-bond acceptors (Lipinski definition) is 2. The van der Waals surface area contributed by atoms with Crippen molar-refractivity contribution in [3.05, 3.63) is 31.1 Å². The molecule has 0 radical (unpaired) electrons. The lowest BCUT2D eigenvalue weighted by molar-refractivity contribution is 0.555. The second kappa shape index (κ2) is 3.04. The van der Waals surface area contributed by atoms with Gasteiger partial charge in [0.05, 0.1) is 10.0 Å². The summed E-state index contributed by atoms with van der Waals surface area (Å²) in [5.74, 6) is -0.572. The third kappa shape index (κ3) is 1.39. The Morgan fingerprint density at radius 2 is 2.15 bits per heavy atom. The zero-order chi connectivity index (χ0) is 9.59. The standard InChI is InChI=1S/C7H2BrCl2NO2/c8-2-1-3(9)6-5(4(2)10)11-7(12)13-6/h1H,(H,11,12). The number of hydrogen-bond donors (Lipinski definition) is 1. The molecule has 0 amide bonds. The summed E-state index contributed by atoms with van der Waals surface area (Å²) in [4.78, 5) is 13.3. The molecule has 0 saturated heterocycles. The molecule has 0 aliphatic rings. The number of halogens is 3. The van der Waals surface area contributed by atoms with Crippen LogP contribution >= 0.6 is 39.1 Å². The summed E-state index contributed by atoms with van der Waals surface area (Å²) in [7, 11) is 0. The fraction of sp³-hybridized carbons (Fsp3) is 0. The van der Waals surface area contributed by atoms with E-state index in [1.54, 1.807) is 6.07 Å². The first kappa shape index (κ1) is 9.12. The zero-order valence-corrected chi connectivity index (χ0v) is 9.13. The largest absolute Gasteiger partial charge is 0.417 e. The zero-order valence-electron chi connectivity index (χ0n) is 6.03. The summed E-state index contributed by atoms with van der Waals surface area (Å²) in [6.45, 7) is 0. The lowest BCUT2D eigenvalue weighted by Gasteiger charge is -1.97. The van der Waals surface area contributed by atoms with Crippen molar-refractivity contribution in [3.63, 3.8) is 0 Å². The molecule has 0 fully saturated rings. The van der Waals surface area contributed by atoms with Crippen LogP contribution in [0.15, 0.2) is 19.8 Å². The second-order valence-corrected chi connectivity index (χ2v) is 4.01. The van der Waals surface area contributed by atoms with Gasteiger partial charge in [-0.2, -0.15) is 0 Å². The number of fused-ring (bicyclic) bond motifs is 1. The highest BCUT2D eigenvalue weighted by atomic mass is 79.9. The van der Waals surface area contributed by atoms with Gasteiger partial charge in [-0.05, 0) is 22.0 Å².